The number of rotatable bonds is 4. The second-order valence-corrected chi connectivity index (χ2v) is 4.57. The number of aryl methyl sites for hydroxylation is 1. The molecule has 2 aromatic carbocycles. The lowest BCUT2D eigenvalue weighted by molar-refractivity contribution is 0.303. The lowest BCUT2D eigenvalue weighted by Gasteiger charge is -2.10. The van der Waals surface area contributed by atoms with E-state index in [-0.39, 0.29) is 12.4 Å². The van der Waals surface area contributed by atoms with Gasteiger partial charge in [0.15, 0.2) is 0 Å². The van der Waals surface area contributed by atoms with Gasteiger partial charge in [-0.3, -0.25) is 0 Å². The summed E-state index contributed by atoms with van der Waals surface area (Å²) in [4.78, 5) is 0. The van der Waals surface area contributed by atoms with Crippen molar-refractivity contribution >= 4 is 0 Å². The fraction of sp³-hybridized carbons (Fsp3) is 0.222. The van der Waals surface area contributed by atoms with E-state index in [0.717, 1.165) is 23.3 Å². The molecule has 108 valence electrons. The van der Waals surface area contributed by atoms with Crippen LogP contribution in [-0.4, -0.2) is 6.54 Å². The Morgan fingerprint density at radius 2 is 2.00 bits per heavy atom. The van der Waals surface area contributed by atoms with Crippen LogP contribution in [0.2, 0.25) is 0 Å². The zero-order chi connectivity index (χ0) is 15.1. The molecule has 0 fully saturated rings. The number of para-hydroxylation sites is 1. The van der Waals surface area contributed by atoms with Gasteiger partial charge in [-0.1, -0.05) is 43.0 Å². The summed E-state index contributed by atoms with van der Waals surface area (Å²) in [6.45, 7) is 2.68. The second-order valence-electron chi connectivity index (χ2n) is 4.57. The summed E-state index contributed by atoms with van der Waals surface area (Å²) in [5.41, 5.74) is 7.70. The van der Waals surface area contributed by atoms with Gasteiger partial charge in [0.05, 0.1) is 12.1 Å². The highest BCUT2D eigenvalue weighted by Gasteiger charge is 2.04. The lowest BCUT2D eigenvalue weighted by atomic mass is 10.1. The molecule has 0 saturated carbocycles. The van der Waals surface area contributed by atoms with Crippen LogP contribution in [0.15, 0.2) is 42.5 Å². The molecule has 0 aliphatic carbocycles. The SMILES string of the molecule is CCc1ccccc1OCc1ccc(F)c(C#CCN)c1. The first kappa shape index (κ1) is 15.1. The van der Waals surface area contributed by atoms with Gasteiger partial charge in [0, 0.05) is 0 Å². The maximum atomic E-state index is 13.6. The first-order valence-corrected chi connectivity index (χ1v) is 6.92. The van der Waals surface area contributed by atoms with Crippen molar-refractivity contribution < 1.29 is 9.13 Å². The molecule has 0 heterocycles. The predicted octanol–water partition coefficient (Wildman–Crippen LogP) is 3.28. The number of ether oxygens (including phenoxy) is 1. The van der Waals surface area contributed by atoms with E-state index in [0.29, 0.717) is 12.2 Å². The molecule has 0 aliphatic rings. The molecule has 2 aromatic rings. The van der Waals surface area contributed by atoms with Crippen LogP contribution in [0, 0.1) is 17.7 Å². The van der Waals surface area contributed by atoms with Gasteiger partial charge < -0.3 is 10.5 Å². The smallest absolute Gasteiger partial charge is 0.138 e. The highest BCUT2D eigenvalue weighted by atomic mass is 19.1. The van der Waals surface area contributed by atoms with Crippen LogP contribution in [0.1, 0.15) is 23.6 Å². The molecule has 0 spiro atoms. The molecule has 0 atom stereocenters. The Balaban J connectivity index is 2.13. The average Bonchev–Trinajstić information content (AvgIpc) is 2.53. The summed E-state index contributed by atoms with van der Waals surface area (Å²) in [5.74, 6) is 5.91. The Hall–Kier alpha value is -2.31. The van der Waals surface area contributed by atoms with E-state index in [1.165, 1.54) is 6.07 Å². The zero-order valence-corrected chi connectivity index (χ0v) is 12.0. The first-order chi connectivity index (χ1) is 10.2. The normalized spacial score (nSPS) is 9.86. The minimum absolute atomic E-state index is 0.212. The number of hydrogen-bond donors (Lipinski definition) is 1. The molecular weight excluding hydrogens is 265 g/mol. The summed E-state index contributed by atoms with van der Waals surface area (Å²) in [6, 6.07) is 12.7. The molecular formula is C18H18FNO. The van der Waals surface area contributed by atoms with Crippen LogP contribution in [0.4, 0.5) is 4.39 Å². The van der Waals surface area contributed by atoms with E-state index in [9.17, 15) is 4.39 Å². The third kappa shape index (κ3) is 4.08. The zero-order valence-electron chi connectivity index (χ0n) is 12.0. The topological polar surface area (TPSA) is 35.2 Å². The van der Waals surface area contributed by atoms with Crippen molar-refractivity contribution in [3.8, 4) is 17.6 Å². The van der Waals surface area contributed by atoms with Crippen LogP contribution in [0.3, 0.4) is 0 Å². The molecule has 0 aromatic heterocycles. The summed E-state index contributed by atoms with van der Waals surface area (Å²) in [6.07, 6.45) is 0.910. The third-order valence-electron chi connectivity index (χ3n) is 3.10. The van der Waals surface area contributed by atoms with Gasteiger partial charge in [0.2, 0.25) is 0 Å². The van der Waals surface area contributed by atoms with E-state index in [2.05, 4.69) is 18.8 Å². The minimum Gasteiger partial charge on any atom is -0.489 e. The van der Waals surface area contributed by atoms with E-state index < -0.39 is 0 Å². The molecule has 0 aliphatic heterocycles. The van der Waals surface area contributed by atoms with Gasteiger partial charge in [-0.05, 0) is 35.7 Å². The monoisotopic (exact) mass is 283 g/mol. The second kappa shape index (κ2) is 7.47. The Bertz CT molecular complexity index is 670. The lowest BCUT2D eigenvalue weighted by Crippen LogP contribution is -1.99. The number of halogens is 1. The standard InChI is InChI=1S/C18H18FNO/c1-2-15-6-3-4-8-18(15)21-13-14-9-10-17(19)16(12-14)7-5-11-20/h3-4,6,8-10,12H,2,11,13,20H2,1H3. The first-order valence-electron chi connectivity index (χ1n) is 6.92. The van der Waals surface area contributed by atoms with E-state index >= 15 is 0 Å². The van der Waals surface area contributed by atoms with E-state index in [1.54, 1.807) is 12.1 Å². The van der Waals surface area contributed by atoms with Crippen molar-refractivity contribution in [2.24, 2.45) is 5.73 Å². The molecule has 21 heavy (non-hydrogen) atoms. The fourth-order valence-electron chi connectivity index (χ4n) is 2.00. The number of hydrogen-bond acceptors (Lipinski definition) is 2. The molecule has 0 radical (unpaired) electrons. The summed E-state index contributed by atoms with van der Waals surface area (Å²) >= 11 is 0. The van der Waals surface area contributed by atoms with Crippen molar-refractivity contribution in [2.75, 3.05) is 6.54 Å². The average molecular weight is 283 g/mol. The van der Waals surface area contributed by atoms with Crippen molar-refractivity contribution in [3.63, 3.8) is 0 Å². The minimum atomic E-state index is -0.339. The van der Waals surface area contributed by atoms with Crippen molar-refractivity contribution in [3.05, 3.63) is 65.0 Å². The van der Waals surface area contributed by atoms with Crippen molar-refractivity contribution in [1.82, 2.24) is 0 Å². The Morgan fingerprint density at radius 1 is 1.19 bits per heavy atom. The van der Waals surface area contributed by atoms with Gasteiger partial charge in [-0.2, -0.15) is 0 Å². The van der Waals surface area contributed by atoms with Gasteiger partial charge in [0.25, 0.3) is 0 Å². The van der Waals surface area contributed by atoms with Crippen molar-refractivity contribution in [2.45, 2.75) is 20.0 Å². The van der Waals surface area contributed by atoms with Crippen LogP contribution in [0.25, 0.3) is 0 Å². The number of benzene rings is 2. The van der Waals surface area contributed by atoms with Gasteiger partial charge in [-0.25, -0.2) is 4.39 Å². The van der Waals surface area contributed by atoms with E-state index in [4.69, 9.17) is 10.5 Å². The maximum Gasteiger partial charge on any atom is 0.138 e. The molecule has 2 N–H and O–H groups in total. The van der Waals surface area contributed by atoms with Crippen LogP contribution < -0.4 is 10.5 Å². The summed E-state index contributed by atoms with van der Waals surface area (Å²) in [5, 5.41) is 0. The molecule has 2 rings (SSSR count). The van der Waals surface area contributed by atoms with Crippen LogP contribution in [-0.2, 0) is 13.0 Å². The van der Waals surface area contributed by atoms with Crippen LogP contribution >= 0.6 is 0 Å². The number of nitrogens with two attached hydrogens (primary N) is 1. The predicted molar refractivity (Wildman–Crippen MR) is 82.5 cm³/mol. The third-order valence-corrected chi connectivity index (χ3v) is 3.10. The van der Waals surface area contributed by atoms with E-state index in [1.807, 2.05) is 24.3 Å². The quantitative estimate of drug-likeness (QED) is 0.874. The largest absolute Gasteiger partial charge is 0.489 e. The fourth-order valence-corrected chi connectivity index (χ4v) is 2.00. The molecule has 2 nitrogen and oxygen atoms in total. The molecule has 0 amide bonds. The highest BCUT2D eigenvalue weighted by Crippen LogP contribution is 2.20. The molecule has 0 bridgehead atoms. The van der Waals surface area contributed by atoms with Gasteiger partial charge in [-0.15, -0.1) is 0 Å². The Labute approximate surface area is 124 Å². The highest BCUT2D eigenvalue weighted by molar-refractivity contribution is 5.39. The van der Waals surface area contributed by atoms with Gasteiger partial charge >= 0.3 is 0 Å². The van der Waals surface area contributed by atoms with Crippen molar-refractivity contribution in [1.29, 1.82) is 0 Å². The Kier molecular flexibility index (Phi) is 5.36. The summed E-state index contributed by atoms with van der Waals surface area (Å²) < 4.78 is 19.4. The Morgan fingerprint density at radius 3 is 2.76 bits per heavy atom. The summed E-state index contributed by atoms with van der Waals surface area (Å²) in [7, 11) is 0. The molecule has 0 unspecified atom stereocenters. The maximum absolute atomic E-state index is 13.6. The van der Waals surface area contributed by atoms with Gasteiger partial charge in [0.1, 0.15) is 18.2 Å². The molecule has 0 saturated heterocycles. The molecule has 3 heteroatoms. The van der Waals surface area contributed by atoms with Crippen LogP contribution in [0.5, 0.6) is 5.75 Å².